The average molecular weight is 287 g/mol. The van der Waals surface area contributed by atoms with Crippen molar-refractivity contribution < 1.29 is 14.2 Å². The molecule has 20 heavy (non-hydrogen) atoms. The highest BCUT2D eigenvalue weighted by Crippen LogP contribution is 2.29. The second kappa shape index (κ2) is 11.5. The number of methoxy groups -OCH3 is 1. The summed E-state index contributed by atoms with van der Waals surface area (Å²) in [6.45, 7) is 5.19. The fraction of sp³-hybridized carbons (Fsp3) is 1.00. The van der Waals surface area contributed by atoms with Crippen molar-refractivity contribution >= 4 is 0 Å². The Morgan fingerprint density at radius 2 is 1.95 bits per heavy atom. The first kappa shape index (κ1) is 17.9. The van der Waals surface area contributed by atoms with Crippen LogP contribution in [-0.4, -0.2) is 52.7 Å². The Morgan fingerprint density at radius 3 is 2.65 bits per heavy atom. The molecule has 0 aliphatic heterocycles. The first-order valence-corrected chi connectivity index (χ1v) is 8.17. The van der Waals surface area contributed by atoms with Crippen LogP contribution >= 0.6 is 0 Å². The van der Waals surface area contributed by atoms with Gasteiger partial charge in [0.1, 0.15) is 0 Å². The zero-order chi connectivity index (χ0) is 14.6. The summed E-state index contributed by atoms with van der Waals surface area (Å²) in [5.41, 5.74) is 0. The lowest BCUT2D eigenvalue weighted by atomic mass is 9.81. The van der Waals surface area contributed by atoms with Gasteiger partial charge < -0.3 is 19.5 Å². The van der Waals surface area contributed by atoms with Crippen LogP contribution in [0.4, 0.5) is 0 Å². The van der Waals surface area contributed by atoms with Gasteiger partial charge >= 0.3 is 0 Å². The lowest BCUT2D eigenvalue weighted by Crippen LogP contribution is -2.44. The van der Waals surface area contributed by atoms with Gasteiger partial charge in [0, 0.05) is 26.4 Å². The molecule has 0 aromatic rings. The van der Waals surface area contributed by atoms with E-state index >= 15 is 0 Å². The SMILES string of the molecule is CCCC1CCC(NC)C(OCCOCCCOC)C1. The molecule has 3 atom stereocenters. The molecule has 1 aliphatic carbocycles. The Balaban J connectivity index is 2.14. The average Bonchev–Trinajstić information content (AvgIpc) is 2.47. The molecule has 3 unspecified atom stereocenters. The Hall–Kier alpha value is -0.160. The van der Waals surface area contributed by atoms with Crippen molar-refractivity contribution in [1.82, 2.24) is 5.32 Å². The summed E-state index contributed by atoms with van der Waals surface area (Å²) in [5, 5.41) is 3.40. The van der Waals surface area contributed by atoms with E-state index in [1.807, 2.05) is 7.05 Å². The summed E-state index contributed by atoms with van der Waals surface area (Å²) < 4.78 is 16.6. The Labute approximate surface area is 124 Å². The van der Waals surface area contributed by atoms with Gasteiger partial charge in [0.2, 0.25) is 0 Å². The van der Waals surface area contributed by atoms with Crippen molar-refractivity contribution in [2.75, 3.05) is 40.6 Å². The normalized spacial score (nSPS) is 26.9. The first-order chi connectivity index (χ1) is 9.81. The van der Waals surface area contributed by atoms with E-state index in [0.717, 1.165) is 25.6 Å². The van der Waals surface area contributed by atoms with Gasteiger partial charge in [-0.25, -0.2) is 0 Å². The van der Waals surface area contributed by atoms with E-state index in [1.54, 1.807) is 7.11 Å². The molecule has 1 saturated carbocycles. The van der Waals surface area contributed by atoms with E-state index < -0.39 is 0 Å². The molecular weight excluding hydrogens is 254 g/mol. The Kier molecular flexibility index (Phi) is 10.3. The number of likely N-dealkylation sites (N-methyl/N-ethyl adjacent to an activating group) is 1. The highest BCUT2D eigenvalue weighted by atomic mass is 16.5. The zero-order valence-electron chi connectivity index (χ0n) is 13.5. The Morgan fingerprint density at radius 1 is 1.10 bits per heavy atom. The largest absolute Gasteiger partial charge is 0.385 e. The molecule has 4 heteroatoms. The van der Waals surface area contributed by atoms with Gasteiger partial charge in [-0.2, -0.15) is 0 Å². The lowest BCUT2D eigenvalue weighted by molar-refractivity contribution is -0.0369. The summed E-state index contributed by atoms with van der Waals surface area (Å²) in [4.78, 5) is 0. The summed E-state index contributed by atoms with van der Waals surface area (Å²) in [5.74, 6) is 0.845. The monoisotopic (exact) mass is 287 g/mol. The molecule has 0 radical (unpaired) electrons. The molecule has 0 spiro atoms. The van der Waals surface area contributed by atoms with Gasteiger partial charge in [-0.15, -0.1) is 0 Å². The minimum atomic E-state index is 0.355. The van der Waals surface area contributed by atoms with Gasteiger partial charge in [0.25, 0.3) is 0 Å². The molecular formula is C16H33NO3. The van der Waals surface area contributed by atoms with Crippen LogP contribution in [0.1, 0.15) is 45.4 Å². The molecule has 0 aromatic heterocycles. The molecule has 1 fully saturated rings. The van der Waals surface area contributed by atoms with Crippen LogP contribution in [0.5, 0.6) is 0 Å². The van der Waals surface area contributed by atoms with Crippen LogP contribution < -0.4 is 5.32 Å². The van der Waals surface area contributed by atoms with Crippen molar-refractivity contribution in [3.8, 4) is 0 Å². The van der Waals surface area contributed by atoms with Crippen LogP contribution in [0.3, 0.4) is 0 Å². The predicted molar refractivity (Wildman–Crippen MR) is 82.1 cm³/mol. The molecule has 1 aliphatic rings. The van der Waals surface area contributed by atoms with Crippen molar-refractivity contribution in [3.05, 3.63) is 0 Å². The summed E-state index contributed by atoms with van der Waals surface area (Å²) in [7, 11) is 3.76. The third-order valence-electron chi connectivity index (χ3n) is 4.16. The number of ether oxygens (including phenoxy) is 3. The zero-order valence-corrected chi connectivity index (χ0v) is 13.5. The smallest absolute Gasteiger partial charge is 0.0731 e. The van der Waals surface area contributed by atoms with Crippen LogP contribution in [0, 0.1) is 5.92 Å². The van der Waals surface area contributed by atoms with Gasteiger partial charge in [-0.3, -0.25) is 0 Å². The quantitative estimate of drug-likeness (QED) is 0.593. The minimum Gasteiger partial charge on any atom is -0.385 e. The van der Waals surface area contributed by atoms with Crippen molar-refractivity contribution in [1.29, 1.82) is 0 Å². The minimum absolute atomic E-state index is 0.355. The van der Waals surface area contributed by atoms with Crippen LogP contribution in [-0.2, 0) is 14.2 Å². The van der Waals surface area contributed by atoms with E-state index in [9.17, 15) is 0 Å². The molecule has 0 amide bonds. The van der Waals surface area contributed by atoms with E-state index in [2.05, 4.69) is 12.2 Å². The highest BCUT2D eigenvalue weighted by molar-refractivity contribution is 4.84. The fourth-order valence-electron chi connectivity index (χ4n) is 3.06. The van der Waals surface area contributed by atoms with Crippen molar-refractivity contribution in [3.63, 3.8) is 0 Å². The maximum Gasteiger partial charge on any atom is 0.0731 e. The first-order valence-electron chi connectivity index (χ1n) is 8.17. The molecule has 0 bridgehead atoms. The van der Waals surface area contributed by atoms with Crippen molar-refractivity contribution in [2.45, 2.75) is 57.6 Å². The van der Waals surface area contributed by atoms with Gasteiger partial charge in [0.15, 0.2) is 0 Å². The molecule has 0 saturated heterocycles. The molecule has 120 valence electrons. The molecule has 1 N–H and O–H groups in total. The standard InChI is InChI=1S/C16H33NO3/c1-4-6-14-7-8-15(17-2)16(13-14)20-12-11-19-10-5-9-18-3/h14-17H,4-13H2,1-3H3. The fourth-order valence-corrected chi connectivity index (χ4v) is 3.06. The number of rotatable bonds is 11. The second-order valence-electron chi connectivity index (χ2n) is 5.73. The van der Waals surface area contributed by atoms with E-state index in [1.165, 1.54) is 32.1 Å². The lowest BCUT2D eigenvalue weighted by Gasteiger charge is -2.36. The van der Waals surface area contributed by atoms with Crippen LogP contribution in [0.2, 0.25) is 0 Å². The molecule has 4 nitrogen and oxygen atoms in total. The molecule has 1 rings (SSSR count). The molecule has 0 heterocycles. The molecule has 0 aromatic carbocycles. The topological polar surface area (TPSA) is 39.7 Å². The van der Waals surface area contributed by atoms with Crippen LogP contribution in [0.25, 0.3) is 0 Å². The number of nitrogens with one attached hydrogen (secondary N) is 1. The van der Waals surface area contributed by atoms with E-state index in [-0.39, 0.29) is 0 Å². The van der Waals surface area contributed by atoms with Gasteiger partial charge in [0.05, 0.1) is 19.3 Å². The van der Waals surface area contributed by atoms with Gasteiger partial charge in [-0.05, 0) is 38.6 Å². The van der Waals surface area contributed by atoms with Crippen molar-refractivity contribution in [2.24, 2.45) is 5.92 Å². The maximum absolute atomic E-state index is 6.05. The van der Waals surface area contributed by atoms with Crippen LogP contribution in [0.15, 0.2) is 0 Å². The number of hydrogen-bond acceptors (Lipinski definition) is 4. The summed E-state index contributed by atoms with van der Waals surface area (Å²) >= 11 is 0. The highest BCUT2D eigenvalue weighted by Gasteiger charge is 2.29. The number of hydrogen-bond donors (Lipinski definition) is 1. The summed E-state index contributed by atoms with van der Waals surface area (Å²) in [6.07, 6.45) is 7.70. The summed E-state index contributed by atoms with van der Waals surface area (Å²) in [6, 6.07) is 0.511. The second-order valence-corrected chi connectivity index (χ2v) is 5.73. The van der Waals surface area contributed by atoms with Gasteiger partial charge in [-0.1, -0.05) is 19.8 Å². The van der Waals surface area contributed by atoms with E-state index in [4.69, 9.17) is 14.2 Å². The predicted octanol–water partition coefficient (Wildman–Crippen LogP) is 2.61. The third-order valence-corrected chi connectivity index (χ3v) is 4.16. The maximum atomic E-state index is 6.05. The third kappa shape index (κ3) is 7.02. The Bertz CT molecular complexity index is 226. The van der Waals surface area contributed by atoms with E-state index in [0.29, 0.717) is 25.4 Å².